The van der Waals surface area contributed by atoms with Crippen molar-refractivity contribution in [2.75, 3.05) is 27.3 Å². The minimum absolute atomic E-state index is 0.141. The third kappa shape index (κ3) is 4.42. The van der Waals surface area contributed by atoms with Gasteiger partial charge in [0.15, 0.2) is 5.11 Å². The number of nitrogens with one attached hydrogen (secondary N) is 2. The van der Waals surface area contributed by atoms with Crippen LogP contribution in [0.4, 0.5) is 0 Å². The van der Waals surface area contributed by atoms with Gasteiger partial charge in [0.25, 0.3) is 5.91 Å². The van der Waals surface area contributed by atoms with E-state index in [-0.39, 0.29) is 5.91 Å². The second-order valence-electron chi connectivity index (χ2n) is 5.42. The summed E-state index contributed by atoms with van der Waals surface area (Å²) in [5.41, 5.74) is 6.11. The fourth-order valence-electron chi connectivity index (χ4n) is 2.51. The Morgan fingerprint density at radius 3 is 2.91 bits per heavy atom. The van der Waals surface area contributed by atoms with Crippen LogP contribution in [0.5, 0.6) is 0 Å². The van der Waals surface area contributed by atoms with Crippen LogP contribution in [-0.4, -0.2) is 43.3 Å². The molecule has 0 aliphatic heterocycles. The number of hydrazine groups is 1. The van der Waals surface area contributed by atoms with E-state index < -0.39 is 0 Å². The summed E-state index contributed by atoms with van der Waals surface area (Å²) in [6.07, 6.45) is 4.22. The quantitative estimate of drug-likeness (QED) is 0.491. The summed E-state index contributed by atoms with van der Waals surface area (Å²) in [6, 6.07) is 5.92. The van der Waals surface area contributed by atoms with Crippen LogP contribution in [-0.2, 0) is 17.6 Å². The number of fused-ring (bicyclic) bond motifs is 1. The molecule has 0 fully saturated rings. The van der Waals surface area contributed by atoms with Crippen LogP contribution >= 0.6 is 12.2 Å². The first kappa shape index (κ1) is 16.7. The van der Waals surface area contributed by atoms with Crippen molar-refractivity contribution in [1.82, 2.24) is 15.8 Å². The molecule has 1 amide bonds. The zero-order valence-electron chi connectivity index (χ0n) is 13.1. The average molecular weight is 321 g/mol. The van der Waals surface area contributed by atoms with Crippen LogP contribution in [0.15, 0.2) is 18.2 Å². The molecule has 2 N–H and O–H groups in total. The van der Waals surface area contributed by atoms with Gasteiger partial charge in [-0.1, -0.05) is 6.07 Å². The van der Waals surface area contributed by atoms with Crippen molar-refractivity contribution < 1.29 is 9.53 Å². The molecular formula is C16H23N3O2S. The van der Waals surface area contributed by atoms with E-state index in [1.807, 2.05) is 12.1 Å². The standard InChI is InChI=1S/C16H23N3O2S/c1-19(16(22)17-9-4-10-21-2)18-15(20)14-8-7-12-5-3-6-13(12)11-14/h7-8,11H,3-6,9-10H2,1-2H3,(H,17,22)(H,18,20). The Morgan fingerprint density at radius 1 is 1.36 bits per heavy atom. The summed E-state index contributed by atoms with van der Waals surface area (Å²) in [6.45, 7) is 1.40. The Morgan fingerprint density at radius 2 is 2.14 bits per heavy atom. The lowest BCUT2D eigenvalue weighted by Crippen LogP contribution is -2.48. The second kappa shape index (κ2) is 8.10. The van der Waals surface area contributed by atoms with E-state index in [9.17, 15) is 4.79 Å². The van der Waals surface area contributed by atoms with E-state index in [0.29, 0.717) is 23.8 Å². The van der Waals surface area contributed by atoms with Crippen LogP contribution in [0.1, 0.15) is 34.3 Å². The molecule has 6 heteroatoms. The molecule has 2 rings (SSSR count). The Bertz CT molecular complexity index is 548. The van der Waals surface area contributed by atoms with Crippen molar-refractivity contribution in [2.45, 2.75) is 25.7 Å². The summed E-state index contributed by atoms with van der Waals surface area (Å²) >= 11 is 5.23. The second-order valence-corrected chi connectivity index (χ2v) is 5.80. The number of carbonyl (C=O) groups is 1. The molecule has 5 nitrogen and oxygen atoms in total. The van der Waals surface area contributed by atoms with E-state index in [1.165, 1.54) is 22.6 Å². The van der Waals surface area contributed by atoms with Crippen molar-refractivity contribution >= 4 is 23.2 Å². The molecule has 0 heterocycles. The third-order valence-corrected chi connectivity index (χ3v) is 4.15. The maximum absolute atomic E-state index is 12.3. The van der Waals surface area contributed by atoms with Crippen molar-refractivity contribution in [2.24, 2.45) is 0 Å². The van der Waals surface area contributed by atoms with E-state index in [4.69, 9.17) is 17.0 Å². The summed E-state index contributed by atoms with van der Waals surface area (Å²) in [5, 5.41) is 5.11. The zero-order valence-corrected chi connectivity index (χ0v) is 14.0. The number of nitrogens with zero attached hydrogens (tertiary/aromatic N) is 1. The highest BCUT2D eigenvalue weighted by Crippen LogP contribution is 2.22. The van der Waals surface area contributed by atoms with Gasteiger partial charge < -0.3 is 10.1 Å². The fraction of sp³-hybridized carbons (Fsp3) is 0.500. The number of hydrogen-bond acceptors (Lipinski definition) is 3. The van der Waals surface area contributed by atoms with Gasteiger partial charge in [-0.05, 0) is 61.2 Å². The molecular weight excluding hydrogens is 298 g/mol. The minimum Gasteiger partial charge on any atom is -0.385 e. The van der Waals surface area contributed by atoms with E-state index in [1.54, 1.807) is 14.2 Å². The first-order valence-corrected chi connectivity index (χ1v) is 7.96. The van der Waals surface area contributed by atoms with Gasteiger partial charge in [0.1, 0.15) is 0 Å². The van der Waals surface area contributed by atoms with E-state index in [0.717, 1.165) is 19.3 Å². The molecule has 0 bridgehead atoms. The average Bonchev–Trinajstić information content (AvgIpc) is 2.98. The predicted octanol–water partition coefficient (Wildman–Crippen LogP) is 1.66. The van der Waals surface area contributed by atoms with Gasteiger partial charge in [-0.25, -0.2) is 0 Å². The van der Waals surface area contributed by atoms with Crippen LogP contribution in [0.25, 0.3) is 0 Å². The fourth-order valence-corrected chi connectivity index (χ4v) is 2.66. The molecule has 1 aliphatic rings. The monoisotopic (exact) mass is 321 g/mol. The van der Waals surface area contributed by atoms with Gasteiger partial charge in [-0.15, -0.1) is 0 Å². The minimum atomic E-state index is -0.141. The van der Waals surface area contributed by atoms with Crippen molar-refractivity contribution in [1.29, 1.82) is 0 Å². The van der Waals surface area contributed by atoms with Crippen molar-refractivity contribution in [3.05, 3.63) is 34.9 Å². The molecule has 0 atom stereocenters. The first-order chi connectivity index (χ1) is 10.6. The highest BCUT2D eigenvalue weighted by Gasteiger charge is 2.15. The summed E-state index contributed by atoms with van der Waals surface area (Å²) in [4.78, 5) is 12.3. The summed E-state index contributed by atoms with van der Waals surface area (Å²) in [7, 11) is 3.40. The zero-order chi connectivity index (χ0) is 15.9. The van der Waals surface area contributed by atoms with Crippen molar-refractivity contribution in [3.63, 3.8) is 0 Å². The molecule has 0 saturated heterocycles. The third-order valence-electron chi connectivity index (χ3n) is 3.74. The highest BCUT2D eigenvalue weighted by atomic mass is 32.1. The number of amides is 1. The molecule has 1 aliphatic carbocycles. The smallest absolute Gasteiger partial charge is 0.269 e. The molecule has 1 aromatic rings. The topological polar surface area (TPSA) is 53.6 Å². The largest absolute Gasteiger partial charge is 0.385 e. The highest BCUT2D eigenvalue weighted by molar-refractivity contribution is 7.80. The Balaban J connectivity index is 1.84. The molecule has 120 valence electrons. The number of ether oxygens (including phenoxy) is 1. The Hall–Kier alpha value is -1.66. The van der Waals surface area contributed by atoms with Crippen LogP contribution in [0, 0.1) is 0 Å². The van der Waals surface area contributed by atoms with Gasteiger partial charge in [0.2, 0.25) is 0 Å². The molecule has 22 heavy (non-hydrogen) atoms. The van der Waals surface area contributed by atoms with Crippen LogP contribution in [0.2, 0.25) is 0 Å². The number of methoxy groups -OCH3 is 1. The number of carbonyl (C=O) groups excluding carboxylic acids is 1. The maximum Gasteiger partial charge on any atom is 0.269 e. The first-order valence-electron chi connectivity index (χ1n) is 7.55. The molecule has 0 spiro atoms. The maximum atomic E-state index is 12.3. The van der Waals surface area contributed by atoms with Gasteiger partial charge in [-0.3, -0.25) is 15.2 Å². The van der Waals surface area contributed by atoms with E-state index >= 15 is 0 Å². The Labute approximate surface area is 137 Å². The number of benzene rings is 1. The van der Waals surface area contributed by atoms with Crippen molar-refractivity contribution in [3.8, 4) is 0 Å². The number of hydrogen-bond donors (Lipinski definition) is 2. The molecule has 1 aromatic carbocycles. The van der Waals surface area contributed by atoms with Crippen LogP contribution < -0.4 is 10.7 Å². The summed E-state index contributed by atoms with van der Waals surface area (Å²) in [5.74, 6) is -0.141. The van der Waals surface area contributed by atoms with Crippen LogP contribution in [0.3, 0.4) is 0 Å². The lowest BCUT2D eigenvalue weighted by molar-refractivity contribution is 0.0886. The molecule has 0 saturated carbocycles. The van der Waals surface area contributed by atoms with Gasteiger partial charge >= 0.3 is 0 Å². The summed E-state index contributed by atoms with van der Waals surface area (Å²) < 4.78 is 4.98. The lowest BCUT2D eigenvalue weighted by Gasteiger charge is -2.21. The molecule has 0 aromatic heterocycles. The predicted molar refractivity (Wildman–Crippen MR) is 90.8 cm³/mol. The van der Waals surface area contributed by atoms with E-state index in [2.05, 4.69) is 16.8 Å². The number of aryl methyl sites for hydroxylation is 2. The molecule has 0 unspecified atom stereocenters. The number of rotatable bonds is 5. The van der Waals surface area contributed by atoms with Gasteiger partial charge in [0, 0.05) is 32.9 Å². The SMILES string of the molecule is COCCCNC(=S)N(C)NC(=O)c1ccc2c(c1)CCC2. The lowest BCUT2D eigenvalue weighted by atomic mass is 10.1. The number of thiocarbonyl (C=S) groups is 1. The Kier molecular flexibility index (Phi) is 6.15. The van der Waals surface area contributed by atoms with Gasteiger partial charge in [0.05, 0.1) is 0 Å². The molecule has 0 radical (unpaired) electrons. The normalized spacial score (nSPS) is 12.6. The van der Waals surface area contributed by atoms with Gasteiger partial charge in [-0.2, -0.15) is 0 Å².